The maximum Gasteiger partial charge on any atom is 0.194 e. The zero-order valence-corrected chi connectivity index (χ0v) is 13.8. The number of hydrogen-bond acceptors (Lipinski definition) is 6. The molecule has 0 amide bonds. The van der Waals surface area contributed by atoms with Crippen molar-refractivity contribution in [2.45, 2.75) is 50.7 Å². The second-order valence-electron chi connectivity index (χ2n) is 4.78. The van der Waals surface area contributed by atoms with Crippen molar-refractivity contribution in [2.75, 3.05) is 11.9 Å². The molecule has 2 rings (SSSR count). The monoisotopic (exact) mass is 303 g/mol. The highest BCUT2D eigenvalue weighted by molar-refractivity contribution is 7.99. The topological polar surface area (TPSA) is 63.6 Å². The van der Waals surface area contributed by atoms with Crippen molar-refractivity contribution in [1.82, 2.24) is 19.9 Å². The Balaban J connectivity index is 2.36. The van der Waals surface area contributed by atoms with Gasteiger partial charge in [-0.25, -0.2) is 19.9 Å². The molecule has 0 aromatic carbocycles. The number of hydrogen-bond donors (Lipinski definition) is 1. The molecular weight excluding hydrogens is 282 g/mol. The number of anilines is 1. The largest absolute Gasteiger partial charge is 0.370 e. The highest BCUT2D eigenvalue weighted by Crippen LogP contribution is 2.29. The predicted octanol–water partition coefficient (Wildman–Crippen LogP) is 3.42. The summed E-state index contributed by atoms with van der Waals surface area (Å²) >= 11 is 1.50. The smallest absolute Gasteiger partial charge is 0.194 e. The third-order valence-corrected chi connectivity index (χ3v) is 3.90. The number of aromatic nitrogens is 4. The minimum atomic E-state index is 0.724. The lowest BCUT2D eigenvalue weighted by Gasteiger charge is -2.12. The van der Waals surface area contributed by atoms with Crippen LogP contribution in [0.3, 0.4) is 0 Å². The summed E-state index contributed by atoms with van der Waals surface area (Å²) in [7, 11) is 0. The van der Waals surface area contributed by atoms with E-state index in [9.17, 15) is 0 Å². The molecule has 0 unspecified atom stereocenters. The Morgan fingerprint density at radius 2 is 1.95 bits per heavy atom. The van der Waals surface area contributed by atoms with Crippen molar-refractivity contribution in [2.24, 2.45) is 0 Å². The molecule has 0 aliphatic rings. The highest BCUT2D eigenvalue weighted by atomic mass is 32.2. The number of aryl methyl sites for hydroxylation is 2. The Labute approximate surface area is 130 Å². The van der Waals surface area contributed by atoms with Crippen LogP contribution >= 0.6 is 11.8 Å². The van der Waals surface area contributed by atoms with Gasteiger partial charge in [-0.3, -0.25) is 0 Å². The van der Waals surface area contributed by atoms with Crippen molar-refractivity contribution < 1.29 is 0 Å². The Hall–Kier alpha value is -1.69. The first-order valence-corrected chi connectivity index (χ1v) is 8.04. The minimum Gasteiger partial charge on any atom is -0.370 e. The van der Waals surface area contributed by atoms with Crippen LogP contribution in [0.25, 0.3) is 0 Å². The number of nitrogens with one attached hydrogen (secondary N) is 1. The Bertz CT molecular complexity index is 615. The van der Waals surface area contributed by atoms with Crippen molar-refractivity contribution >= 4 is 17.6 Å². The van der Waals surface area contributed by atoms with Gasteiger partial charge in [0.2, 0.25) is 0 Å². The molecule has 2 heterocycles. The van der Waals surface area contributed by atoms with Crippen molar-refractivity contribution in [3.8, 4) is 0 Å². The Kier molecular flexibility index (Phi) is 5.50. The van der Waals surface area contributed by atoms with Gasteiger partial charge in [0.25, 0.3) is 0 Å². The van der Waals surface area contributed by atoms with Crippen LogP contribution in [0, 0.1) is 13.8 Å². The van der Waals surface area contributed by atoms with E-state index < -0.39 is 0 Å². The van der Waals surface area contributed by atoms with Gasteiger partial charge < -0.3 is 5.32 Å². The van der Waals surface area contributed by atoms with E-state index in [1.165, 1.54) is 11.8 Å². The van der Waals surface area contributed by atoms with Crippen LogP contribution in [-0.2, 0) is 6.42 Å². The van der Waals surface area contributed by atoms with Crippen LogP contribution in [0.5, 0.6) is 0 Å². The van der Waals surface area contributed by atoms with Crippen molar-refractivity contribution in [1.29, 1.82) is 0 Å². The van der Waals surface area contributed by atoms with Gasteiger partial charge in [0, 0.05) is 30.4 Å². The standard InChI is InChI=1S/C15H21N5S/c1-5-7-12-19-13(16-6-2)11(4)14(20-12)21-15-17-9-8-10(3)18-15/h8-9H,5-7H2,1-4H3,(H,16,19,20). The zero-order valence-electron chi connectivity index (χ0n) is 13.0. The van der Waals surface area contributed by atoms with Crippen molar-refractivity contribution in [3.05, 3.63) is 29.3 Å². The molecule has 0 fully saturated rings. The van der Waals surface area contributed by atoms with Gasteiger partial charge >= 0.3 is 0 Å². The van der Waals surface area contributed by atoms with Gasteiger partial charge in [0.15, 0.2) is 5.16 Å². The summed E-state index contributed by atoms with van der Waals surface area (Å²) in [6.45, 7) is 9.04. The molecule has 0 bridgehead atoms. The first kappa shape index (κ1) is 15.7. The fourth-order valence-electron chi connectivity index (χ4n) is 1.88. The molecule has 21 heavy (non-hydrogen) atoms. The van der Waals surface area contributed by atoms with Crippen molar-refractivity contribution in [3.63, 3.8) is 0 Å². The Morgan fingerprint density at radius 3 is 2.62 bits per heavy atom. The average Bonchev–Trinajstić information content (AvgIpc) is 2.44. The van der Waals surface area contributed by atoms with Crippen LogP contribution in [0.1, 0.15) is 37.4 Å². The van der Waals surface area contributed by atoms with Gasteiger partial charge in [-0.2, -0.15) is 0 Å². The van der Waals surface area contributed by atoms with Crippen LogP contribution < -0.4 is 5.32 Å². The first-order chi connectivity index (χ1) is 10.1. The van der Waals surface area contributed by atoms with Crippen LogP contribution in [0.4, 0.5) is 5.82 Å². The molecule has 112 valence electrons. The van der Waals surface area contributed by atoms with Crippen LogP contribution in [0.15, 0.2) is 22.4 Å². The van der Waals surface area contributed by atoms with Gasteiger partial charge in [0.05, 0.1) is 0 Å². The molecular formula is C15H21N5S. The molecule has 0 saturated carbocycles. The van der Waals surface area contributed by atoms with Gasteiger partial charge in [-0.1, -0.05) is 6.92 Å². The maximum absolute atomic E-state index is 4.66. The van der Waals surface area contributed by atoms with E-state index in [0.29, 0.717) is 0 Å². The summed E-state index contributed by atoms with van der Waals surface area (Å²) in [5.74, 6) is 1.78. The summed E-state index contributed by atoms with van der Waals surface area (Å²) in [5, 5.41) is 4.96. The van der Waals surface area contributed by atoms with E-state index in [-0.39, 0.29) is 0 Å². The van der Waals surface area contributed by atoms with E-state index in [2.05, 4.69) is 39.1 Å². The van der Waals surface area contributed by atoms with E-state index in [1.54, 1.807) is 6.20 Å². The van der Waals surface area contributed by atoms with Gasteiger partial charge in [0.1, 0.15) is 16.7 Å². The summed E-state index contributed by atoms with van der Waals surface area (Å²) < 4.78 is 0. The molecule has 1 N–H and O–H groups in total. The second-order valence-corrected chi connectivity index (χ2v) is 5.74. The fourth-order valence-corrected chi connectivity index (χ4v) is 2.75. The molecule has 0 saturated heterocycles. The minimum absolute atomic E-state index is 0.724. The maximum atomic E-state index is 4.66. The SMILES string of the molecule is CCCc1nc(NCC)c(C)c(Sc2nccc(C)n2)n1. The fraction of sp³-hybridized carbons (Fsp3) is 0.467. The quantitative estimate of drug-likeness (QED) is 0.651. The number of rotatable bonds is 6. The summed E-state index contributed by atoms with van der Waals surface area (Å²) in [6.07, 6.45) is 3.68. The average molecular weight is 303 g/mol. The molecule has 0 aliphatic heterocycles. The molecule has 0 atom stereocenters. The van der Waals surface area contributed by atoms with Gasteiger partial charge in [-0.15, -0.1) is 0 Å². The summed E-state index contributed by atoms with van der Waals surface area (Å²) in [6, 6.07) is 1.89. The lowest BCUT2D eigenvalue weighted by molar-refractivity contribution is 0.800. The second kappa shape index (κ2) is 7.36. The number of nitrogens with zero attached hydrogens (tertiary/aromatic N) is 4. The Morgan fingerprint density at radius 1 is 1.14 bits per heavy atom. The lowest BCUT2D eigenvalue weighted by atomic mass is 10.3. The molecule has 0 spiro atoms. The summed E-state index contributed by atoms with van der Waals surface area (Å²) in [5.41, 5.74) is 2.01. The van der Waals surface area contributed by atoms with Gasteiger partial charge in [-0.05, 0) is 45.0 Å². The van der Waals surface area contributed by atoms with E-state index in [4.69, 9.17) is 0 Å². The van der Waals surface area contributed by atoms with Crippen LogP contribution in [0.2, 0.25) is 0 Å². The van der Waals surface area contributed by atoms with E-state index in [1.807, 2.05) is 19.9 Å². The predicted molar refractivity (Wildman–Crippen MR) is 85.8 cm³/mol. The molecule has 6 heteroatoms. The summed E-state index contributed by atoms with van der Waals surface area (Å²) in [4.78, 5) is 18.0. The third kappa shape index (κ3) is 4.14. The van der Waals surface area contributed by atoms with E-state index >= 15 is 0 Å². The molecule has 2 aromatic rings. The normalized spacial score (nSPS) is 10.7. The first-order valence-electron chi connectivity index (χ1n) is 7.23. The third-order valence-electron chi connectivity index (χ3n) is 2.93. The highest BCUT2D eigenvalue weighted by Gasteiger charge is 2.13. The molecule has 0 radical (unpaired) electrons. The van der Waals surface area contributed by atoms with Crippen LogP contribution in [-0.4, -0.2) is 26.5 Å². The van der Waals surface area contributed by atoms with E-state index in [0.717, 1.165) is 52.5 Å². The molecule has 2 aromatic heterocycles. The zero-order chi connectivity index (χ0) is 15.2. The lowest BCUT2D eigenvalue weighted by Crippen LogP contribution is -2.07. The molecule has 0 aliphatic carbocycles. The molecule has 5 nitrogen and oxygen atoms in total.